The van der Waals surface area contributed by atoms with Crippen molar-refractivity contribution >= 4 is 17.3 Å². The minimum absolute atomic E-state index is 0.588. The molecule has 0 aliphatic heterocycles. The zero-order chi connectivity index (χ0) is 13.2. The number of halogens is 1. The highest BCUT2D eigenvalue weighted by molar-refractivity contribution is 6.30. The predicted octanol–water partition coefficient (Wildman–Crippen LogP) is 5.01. The van der Waals surface area contributed by atoms with Crippen LogP contribution in [0.15, 0.2) is 48.5 Å². The van der Waals surface area contributed by atoms with Crippen molar-refractivity contribution in [1.29, 1.82) is 0 Å². The highest BCUT2D eigenvalue weighted by Crippen LogP contribution is 2.38. The number of rotatable bonds is 3. The Morgan fingerprint density at radius 3 is 2.47 bits per heavy atom. The fourth-order valence-corrected chi connectivity index (χ4v) is 2.97. The molecular weight excluding hydrogens is 254 g/mol. The van der Waals surface area contributed by atoms with Crippen LogP contribution >= 0.6 is 11.6 Å². The monoisotopic (exact) mass is 271 g/mol. The van der Waals surface area contributed by atoms with Gasteiger partial charge in [-0.3, -0.25) is 0 Å². The summed E-state index contributed by atoms with van der Waals surface area (Å²) in [7, 11) is 0. The third-order valence-corrected chi connectivity index (χ3v) is 4.19. The highest BCUT2D eigenvalue weighted by Gasteiger charge is 2.30. The van der Waals surface area contributed by atoms with Crippen LogP contribution in [0.3, 0.4) is 0 Å². The van der Waals surface area contributed by atoms with Crippen LogP contribution in [0.2, 0.25) is 5.02 Å². The van der Waals surface area contributed by atoms with Gasteiger partial charge in [0.05, 0.1) is 0 Å². The maximum absolute atomic E-state index is 5.98. The lowest BCUT2D eigenvalue weighted by atomic mass is 9.76. The summed E-state index contributed by atoms with van der Waals surface area (Å²) >= 11 is 5.98. The molecule has 0 aromatic heterocycles. The molecule has 1 fully saturated rings. The molecule has 0 saturated heterocycles. The van der Waals surface area contributed by atoms with Crippen LogP contribution in [0, 0.1) is 6.92 Å². The largest absolute Gasteiger partial charge is 0.382 e. The molecule has 19 heavy (non-hydrogen) atoms. The van der Waals surface area contributed by atoms with Crippen molar-refractivity contribution in [3.05, 3.63) is 64.7 Å². The summed E-state index contributed by atoms with van der Waals surface area (Å²) in [5, 5.41) is 4.42. The van der Waals surface area contributed by atoms with E-state index >= 15 is 0 Å². The first kappa shape index (κ1) is 12.6. The average molecular weight is 272 g/mol. The number of nitrogens with one attached hydrogen (secondary N) is 1. The molecule has 0 unspecified atom stereocenters. The van der Waals surface area contributed by atoms with Gasteiger partial charge in [-0.1, -0.05) is 41.9 Å². The molecule has 1 aliphatic rings. The molecule has 2 aromatic carbocycles. The molecule has 0 spiro atoms. The summed E-state index contributed by atoms with van der Waals surface area (Å²) in [6.07, 6.45) is 2.43. The summed E-state index contributed by atoms with van der Waals surface area (Å²) in [6.45, 7) is 2.10. The fourth-order valence-electron chi connectivity index (χ4n) is 2.74. The minimum Gasteiger partial charge on any atom is -0.382 e. The van der Waals surface area contributed by atoms with Gasteiger partial charge in [-0.2, -0.15) is 0 Å². The van der Waals surface area contributed by atoms with E-state index in [9.17, 15) is 0 Å². The Morgan fingerprint density at radius 2 is 1.79 bits per heavy atom. The summed E-state index contributed by atoms with van der Waals surface area (Å²) in [4.78, 5) is 0. The van der Waals surface area contributed by atoms with Gasteiger partial charge < -0.3 is 5.32 Å². The second-order valence-corrected chi connectivity index (χ2v) is 5.82. The number of hydrogen-bond donors (Lipinski definition) is 1. The molecule has 3 rings (SSSR count). The number of aryl methyl sites for hydroxylation is 1. The molecule has 0 radical (unpaired) electrons. The molecule has 0 bridgehead atoms. The van der Waals surface area contributed by atoms with E-state index in [2.05, 4.69) is 48.6 Å². The van der Waals surface area contributed by atoms with E-state index < -0.39 is 0 Å². The van der Waals surface area contributed by atoms with Gasteiger partial charge in [-0.15, -0.1) is 0 Å². The molecule has 0 amide bonds. The first-order valence-corrected chi connectivity index (χ1v) is 7.18. The van der Waals surface area contributed by atoms with Crippen LogP contribution in [0.1, 0.15) is 29.9 Å². The van der Waals surface area contributed by atoms with Crippen LogP contribution < -0.4 is 5.32 Å². The smallest absolute Gasteiger partial charge is 0.0410 e. The summed E-state index contributed by atoms with van der Waals surface area (Å²) in [6, 6.07) is 17.4. The standard InChI is InChI=1S/C17H18ClN/c1-12-9-15(18)7-8-17(12)19-16-10-14(11-16)13-5-3-2-4-6-13/h2-9,14,16,19H,10-11H2,1H3. The van der Waals surface area contributed by atoms with Crippen LogP contribution in [-0.2, 0) is 0 Å². The molecule has 0 atom stereocenters. The van der Waals surface area contributed by atoms with Gasteiger partial charge in [-0.05, 0) is 55.0 Å². The van der Waals surface area contributed by atoms with E-state index in [0.717, 1.165) is 5.02 Å². The molecule has 1 saturated carbocycles. The summed E-state index contributed by atoms with van der Waals surface area (Å²) in [5.74, 6) is 0.714. The molecular formula is C17H18ClN. The Labute approximate surface area is 119 Å². The summed E-state index contributed by atoms with van der Waals surface area (Å²) in [5.41, 5.74) is 3.89. The minimum atomic E-state index is 0.588. The van der Waals surface area contributed by atoms with Gasteiger partial charge in [0.25, 0.3) is 0 Å². The van der Waals surface area contributed by atoms with E-state index in [1.807, 2.05) is 12.1 Å². The first-order valence-electron chi connectivity index (χ1n) is 6.80. The van der Waals surface area contributed by atoms with Crippen molar-refractivity contribution in [2.75, 3.05) is 5.32 Å². The molecule has 1 nitrogen and oxygen atoms in total. The Hall–Kier alpha value is -1.47. The van der Waals surface area contributed by atoms with Gasteiger partial charge in [0, 0.05) is 16.8 Å². The second-order valence-electron chi connectivity index (χ2n) is 5.38. The average Bonchev–Trinajstić information content (AvgIpc) is 2.36. The third kappa shape index (κ3) is 2.76. The highest BCUT2D eigenvalue weighted by atomic mass is 35.5. The topological polar surface area (TPSA) is 12.0 Å². The van der Waals surface area contributed by atoms with Crippen molar-refractivity contribution in [1.82, 2.24) is 0 Å². The van der Waals surface area contributed by atoms with Crippen LogP contribution in [-0.4, -0.2) is 6.04 Å². The maximum Gasteiger partial charge on any atom is 0.0410 e. The van der Waals surface area contributed by atoms with Gasteiger partial charge >= 0.3 is 0 Å². The van der Waals surface area contributed by atoms with Gasteiger partial charge in [-0.25, -0.2) is 0 Å². The Bertz CT molecular complexity index is 559. The van der Waals surface area contributed by atoms with E-state index in [4.69, 9.17) is 11.6 Å². The normalized spacial score (nSPS) is 21.8. The number of hydrogen-bond acceptors (Lipinski definition) is 1. The zero-order valence-corrected chi connectivity index (χ0v) is 11.8. The Kier molecular flexibility index (Phi) is 3.48. The lowest BCUT2D eigenvalue weighted by Gasteiger charge is -2.37. The lowest BCUT2D eigenvalue weighted by molar-refractivity contribution is 0.374. The van der Waals surface area contributed by atoms with Crippen molar-refractivity contribution in [3.63, 3.8) is 0 Å². The number of benzene rings is 2. The molecule has 2 heteroatoms. The molecule has 1 N–H and O–H groups in total. The Morgan fingerprint density at radius 1 is 1.05 bits per heavy atom. The summed E-state index contributed by atoms with van der Waals surface area (Å²) < 4.78 is 0. The van der Waals surface area contributed by atoms with Crippen molar-refractivity contribution in [3.8, 4) is 0 Å². The van der Waals surface area contributed by atoms with Crippen molar-refractivity contribution in [2.45, 2.75) is 31.7 Å². The third-order valence-electron chi connectivity index (χ3n) is 3.96. The van der Waals surface area contributed by atoms with Gasteiger partial charge in [0.2, 0.25) is 0 Å². The van der Waals surface area contributed by atoms with Crippen molar-refractivity contribution < 1.29 is 0 Å². The van der Waals surface area contributed by atoms with E-state index in [-0.39, 0.29) is 0 Å². The van der Waals surface area contributed by atoms with Crippen LogP contribution in [0.4, 0.5) is 5.69 Å². The molecule has 98 valence electrons. The van der Waals surface area contributed by atoms with Gasteiger partial charge in [0.15, 0.2) is 0 Å². The van der Waals surface area contributed by atoms with Crippen LogP contribution in [0.5, 0.6) is 0 Å². The zero-order valence-electron chi connectivity index (χ0n) is 11.1. The van der Waals surface area contributed by atoms with Crippen LogP contribution in [0.25, 0.3) is 0 Å². The second kappa shape index (κ2) is 5.26. The SMILES string of the molecule is Cc1cc(Cl)ccc1NC1CC(c2ccccc2)C1. The van der Waals surface area contributed by atoms with E-state index in [1.54, 1.807) is 0 Å². The molecule has 1 aliphatic carbocycles. The van der Waals surface area contributed by atoms with E-state index in [0.29, 0.717) is 12.0 Å². The molecule has 2 aromatic rings. The predicted molar refractivity (Wildman–Crippen MR) is 82.0 cm³/mol. The lowest BCUT2D eigenvalue weighted by Crippen LogP contribution is -2.34. The fraction of sp³-hybridized carbons (Fsp3) is 0.294. The first-order chi connectivity index (χ1) is 9.22. The van der Waals surface area contributed by atoms with Gasteiger partial charge in [0.1, 0.15) is 0 Å². The quantitative estimate of drug-likeness (QED) is 0.828. The Balaban J connectivity index is 1.60. The molecule has 0 heterocycles. The number of anilines is 1. The maximum atomic E-state index is 5.98. The van der Waals surface area contributed by atoms with E-state index in [1.165, 1.54) is 29.7 Å². The van der Waals surface area contributed by atoms with Crippen molar-refractivity contribution in [2.24, 2.45) is 0 Å².